The van der Waals surface area contributed by atoms with Gasteiger partial charge in [-0.25, -0.2) is 0 Å². The SMILES string of the molecule is CCC(C)(C)C(=O)OCCCCCOc1ccc2c(c1)CCC(c1ccccc1)=C2. The van der Waals surface area contributed by atoms with Crippen LogP contribution in [0.2, 0.25) is 0 Å². The first-order chi connectivity index (χ1) is 14.5. The molecule has 0 fully saturated rings. The fourth-order valence-electron chi connectivity index (χ4n) is 3.51. The molecule has 0 radical (unpaired) electrons. The molecule has 2 aromatic rings. The van der Waals surface area contributed by atoms with Gasteiger partial charge in [-0.3, -0.25) is 4.79 Å². The predicted molar refractivity (Wildman–Crippen MR) is 123 cm³/mol. The summed E-state index contributed by atoms with van der Waals surface area (Å²) >= 11 is 0. The highest BCUT2D eigenvalue weighted by Crippen LogP contribution is 2.32. The lowest BCUT2D eigenvalue weighted by Gasteiger charge is -2.20. The van der Waals surface area contributed by atoms with E-state index in [0.29, 0.717) is 13.2 Å². The Morgan fingerprint density at radius 3 is 2.50 bits per heavy atom. The standard InChI is InChI=1S/C27H34O3/c1-4-27(2,3)26(28)30-18-10-6-9-17-29-25-16-15-23-19-22(13-14-24(23)20-25)21-11-7-5-8-12-21/h5,7-8,11-12,15-16,19-20H,4,6,9-10,13-14,17-18H2,1-3H3. The topological polar surface area (TPSA) is 35.5 Å². The van der Waals surface area contributed by atoms with Crippen LogP contribution in [-0.4, -0.2) is 19.2 Å². The summed E-state index contributed by atoms with van der Waals surface area (Å²) in [5, 5.41) is 0. The van der Waals surface area contributed by atoms with Crippen molar-refractivity contribution in [3.63, 3.8) is 0 Å². The van der Waals surface area contributed by atoms with Gasteiger partial charge < -0.3 is 9.47 Å². The summed E-state index contributed by atoms with van der Waals surface area (Å²) < 4.78 is 11.3. The van der Waals surface area contributed by atoms with Gasteiger partial charge in [-0.2, -0.15) is 0 Å². The Balaban J connectivity index is 1.40. The lowest BCUT2D eigenvalue weighted by molar-refractivity contribution is -0.154. The van der Waals surface area contributed by atoms with Gasteiger partial charge in [0, 0.05) is 0 Å². The first-order valence-electron chi connectivity index (χ1n) is 11.2. The summed E-state index contributed by atoms with van der Waals surface area (Å²) in [5.41, 5.74) is 4.99. The summed E-state index contributed by atoms with van der Waals surface area (Å²) in [6, 6.07) is 17.0. The van der Waals surface area contributed by atoms with Crippen LogP contribution in [-0.2, 0) is 16.0 Å². The number of unbranched alkanes of at least 4 members (excludes halogenated alkanes) is 2. The van der Waals surface area contributed by atoms with E-state index in [1.807, 2.05) is 20.8 Å². The van der Waals surface area contributed by atoms with E-state index < -0.39 is 0 Å². The van der Waals surface area contributed by atoms with Crippen LogP contribution in [0.3, 0.4) is 0 Å². The number of carbonyl (C=O) groups excluding carboxylic acids is 1. The molecule has 0 N–H and O–H groups in total. The van der Waals surface area contributed by atoms with Crippen LogP contribution in [0.5, 0.6) is 5.75 Å². The monoisotopic (exact) mass is 406 g/mol. The molecule has 0 atom stereocenters. The molecule has 1 aliphatic carbocycles. The maximum atomic E-state index is 11.9. The normalized spacial score (nSPS) is 13.4. The molecular formula is C27H34O3. The number of benzene rings is 2. The number of carbonyl (C=O) groups is 1. The first-order valence-corrected chi connectivity index (χ1v) is 11.2. The molecule has 0 spiro atoms. The molecule has 0 heterocycles. The van der Waals surface area contributed by atoms with Crippen molar-refractivity contribution < 1.29 is 14.3 Å². The molecule has 0 bridgehead atoms. The Kier molecular flexibility index (Phi) is 7.73. The highest BCUT2D eigenvalue weighted by atomic mass is 16.5. The van der Waals surface area contributed by atoms with E-state index in [4.69, 9.17) is 9.47 Å². The highest BCUT2D eigenvalue weighted by molar-refractivity contribution is 5.84. The molecule has 0 amide bonds. The third kappa shape index (κ3) is 5.98. The van der Waals surface area contributed by atoms with Crippen molar-refractivity contribution in [1.29, 1.82) is 0 Å². The van der Waals surface area contributed by atoms with Gasteiger partial charge in [-0.1, -0.05) is 49.4 Å². The molecule has 2 aromatic carbocycles. The van der Waals surface area contributed by atoms with Crippen molar-refractivity contribution in [2.45, 2.75) is 59.3 Å². The highest BCUT2D eigenvalue weighted by Gasteiger charge is 2.26. The molecule has 3 rings (SSSR count). The lowest BCUT2D eigenvalue weighted by atomic mass is 9.88. The number of hydrogen-bond acceptors (Lipinski definition) is 3. The van der Waals surface area contributed by atoms with E-state index in [-0.39, 0.29) is 11.4 Å². The van der Waals surface area contributed by atoms with E-state index in [9.17, 15) is 4.79 Å². The number of allylic oxidation sites excluding steroid dienone is 1. The van der Waals surface area contributed by atoms with Gasteiger partial charge in [0.05, 0.1) is 18.6 Å². The van der Waals surface area contributed by atoms with E-state index >= 15 is 0 Å². The molecule has 3 heteroatoms. The maximum absolute atomic E-state index is 11.9. The van der Waals surface area contributed by atoms with E-state index in [1.54, 1.807) is 0 Å². The molecule has 0 unspecified atom stereocenters. The van der Waals surface area contributed by atoms with Crippen molar-refractivity contribution in [1.82, 2.24) is 0 Å². The minimum atomic E-state index is -0.382. The molecule has 0 aromatic heterocycles. The Hall–Kier alpha value is -2.55. The van der Waals surface area contributed by atoms with Gasteiger partial charge in [0.1, 0.15) is 5.75 Å². The lowest BCUT2D eigenvalue weighted by Crippen LogP contribution is -2.26. The Morgan fingerprint density at radius 1 is 0.967 bits per heavy atom. The number of hydrogen-bond donors (Lipinski definition) is 0. The second-order valence-electron chi connectivity index (χ2n) is 8.68. The number of fused-ring (bicyclic) bond motifs is 1. The van der Waals surface area contributed by atoms with Crippen molar-refractivity contribution in [3.8, 4) is 5.75 Å². The minimum Gasteiger partial charge on any atom is -0.494 e. The third-order valence-electron chi connectivity index (χ3n) is 5.98. The van der Waals surface area contributed by atoms with E-state index in [2.05, 4.69) is 54.6 Å². The van der Waals surface area contributed by atoms with E-state index in [0.717, 1.165) is 44.3 Å². The smallest absolute Gasteiger partial charge is 0.311 e. The van der Waals surface area contributed by atoms with Crippen molar-refractivity contribution >= 4 is 17.6 Å². The van der Waals surface area contributed by atoms with Crippen LogP contribution in [0.1, 0.15) is 69.6 Å². The number of ether oxygens (including phenoxy) is 2. The Morgan fingerprint density at radius 2 is 1.73 bits per heavy atom. The van der Waals surface area contributed by atoms with Gasteiger partial charge in [0.25, 0.3) is 0 Å². The average molecular weight is 407 g/mol. The fraction of sp³-hybridized carbons (Fsp3) is 0.444. The molecule has 1 aliphatic rings. The molecular weight excluding hydrogens is 372 g/mol. The van der Waals surface area contributed by atoms with Gasteiger partial charge in [0.15, 0.2) is 0 Å². The van der Waals surface area contributed by atoms with Crippen LogP contribution in [0.4, 0.5) is 0 Å². The average Bonchev–Trinajstić information content (AvgIpc) is 2.78. The number of aryl methyl sites for hydroxylation is 1. The summed E-state index contributed by atoms with van der Waals surface area (Å²) in [6.07, 6.45) is 8.05. The molecule has 30 heavy (non-hydrogen) atoms. The summed E-state index contributed by atoms with van der Waals surface area (Å²) in [6.45, 7) is 7.06. The predicted octanol–water partition coefficient (Wildman–Crippen LogP) is 6.70. The maximum Gasteiger partial charge on any atom is 0.311 e. The minimum absolute atomic E-state index is 0.0974. The van der Waals surface area contributed by atoms with Crippen LogP contribution < -0.4 is 4.74 Å². The van der Waals surface area contributed by atoms with Gasteiger partial charge in [-0.15, -0.1) is 0 Å². The second kappa shape index (κ2) is 10.5. The molecule has 3 nitrogen and oxygen atoms in total. The Labute approximate surface area is 181 Å². The summed E-state index contributed by atoms with van der Waals surface area (Å²) in [7, 11) is 0. The van der Waals surface area contributed by atoms with Crippen LogP contribution in [0.25, 0.3) is 11.6 Å². The molecule has 0 saturated heterocycles. The third-order valence-corrected chi connectivity index (χ3v) is 5.98. The van der Waals surface area contributed by atoms with Gasteiger partial charge in [0.2, 0.25) is 0 Å². The van der Waals surface area contributed by atoms with Crippen LogP contribution in [0, 0.1) is 5.41 Å². The molecule has 0 saturated carbocycles. The zero-order valence-electron chi connectivity index (χ0n) is 18.6. The van der Waals surface area contributed by atoms with Gasteiger partial charge >= 0.3 is 5.97 Å². The van der Waals surface area contributed by atoms with Crippen molar-refractivity contribution in [3.05, 3.63) is 65.2 Å². The first kappa shape index (κ1) is 22.1. The van der Waals surface area contributed by atoms with Crippen molar-refractivity contribution in [2.75, 3.05) is 13.2 Å². The largest absolute Gasteiger partial charge is 0.494 e. The Bertz CT molecular complexity index is 865. The molecule has 160 valence electrons. The van der Waals surface area contributed by atoms with E-state index in [1.165, 1.54) is 22.3 Å². The zero-order valence-corrected chi connectivity index (χ0v) is 18.6. The van der Waals surface area contributed by atoms with Crippen molar-refractivity contribution in [2.24, 2.45) is 5.41 Å². The zero-order chi connectivity index (χ0) is 21.4. The van der Waals surface area contributed by atoms with Gasteiger partial charge in [-0.05, 0) is 86.8 Å². The summed E-state index contributed by atoms with van der Waals surface area (Å²) in [5.74, 6) is 0.848. The van der Waals surface area contributed by atoms with Crippen LogP contribution >= 0.6 is 0 Å². The second-order valence-corrected chi connectivity index (χ2v) is 8.68. The summed E-state index contributed by atoms with van der Waals surface area (Å²) in [4.78, 5) is 11.9. The fourth-order valence-corrected chi connectivity index (χ4v) is 3.51. The number of rotatable bonds is 10. The quantitative estimate of drug-likeness (QED) is 0.325. The number of esters is 1. The van der Waals surface area contributed by atoms with Crippen LogP contribution in [0.15, 0.2) is 48.5 Å². The molecule has 0 aliphatic heterocycles.